The molecule has 2 heterocycles. The number of carbonyl (C=O) groups is 1. The molecule has 32 heavy (non-hydrogen) atoms. The third-order valence-corrected chi connectivity index (χ3v) is 4.92. The lowest BCUT2D eigenvalue weighted by molar-refractivity contribution is 0.0462. The molecule has 2 aromatic carbocycles. The molecule has 0 radical (unpaired) electrons. The van der Waals surface area contributed by atoms with Gasteiger partial charge in [0.15, 0.2) is 5.69 Å². The van der Waals surface area contributed by atoms with E-state index >= 15 is 0 Å². The minimum absolute atomic E-state index is 0.0324. The van der Waals surface area contributed by atoms with Gasteiger partial charge in [-0.25, -0.2) is 9.48 Å². The Morgan fingerprint density at radius 3 is 2.72 bits per heavy atom. The van der Waals surface area contributed by atoms with Gasteiger partial charge in [0.25, 0.3) is 5.56 Å². The molecule has 0 unspecified atom stereocenters. The van der Waals surface area contributed by atoms with Crippen LogP contribution in [-0.4, -0.2) is 27.8 Å². The molecule has 162 valence electrons. The van der Waals surface area contributed by atoms with Gasteiger partial charge in [-0.05, 0) is 24.6 Å². The quantitative estimate of drug-likeness (QED) is 0.444. The number of anilines is 2. The first-order valence-electron chi connectivity index (χ1n) is 10.1. The number of methoxy groups -OCH3 is 1. The predicted molar refractivity (Wildman–Crippen MR) is 121 cm³/mol. The highest BCUT2D eigenvalue weighted by molar-refractivity contribution is 5.95. The summed E-state index contributed by atoms with van der Waals surface area (Å²) in [6.07, 6.45) is 3.39. The number of nitrogens with zero attached hydrogens (tertiary/aromatic N) is 3. The summed E-state index contributed by atoms with van der Waals surface area (Å²) in [6, 6.07) is 16.3. The zero-order valence-corrected chi connectivity index (χ0v) is 17.7. The van der Waals surface area contributed by atoms with Crippen LogP contribution in [0.3, 0.4) is 0 Å². The lowest BCUT2D eigenvalue weighted by atomic mass is 10.1. The van der Waals surface area contributed by atoms with E-state index in [1.807, 2.05) is 42.5 Å². The van der Waals surface area contributed by atoms with Gasteiger partial charge >= 0.3 is 5.97 Å². The van der Waals surface area contributed by atoms with Gasteiger partial charge in [-0.3, -0.25) is 9.78 Å². The molecule has 0 bridgehead atoms. The Balaban J connectivity index is 1.61. The number of pyridine rings is 1. The predicted octanol–water partition coefficient (Wildman–Crippen LogP) is 3.92. The van der Waals surface area contributed by atoms with Crippen molar-refractivity contribution in [2.24, 2.45) is 0 Å². The molecule has 0 atom stereocenters. The van der Waals surface area contributed by atoms with Crippen molar-refractivity contribution in [3.05, 3.63) is 88.6 Å². The van der Waals surface area contributed by atoms with E-state index in [0.29, 0.717) is 18.0 Å². The normalized spacial score (nSPS) is 10.7. The number of esters is 1. The van der Waals surface area contributed by atoms with Crippen molar-refractivity contribution >= 4 is 28.1 Å². The van der Waals surface area contributed by atoms with Crippen LogP contribution in [0.4, 0.5) is 11.4 Å². The van der Waals surface area contributed by atoms with Crippen molar-refractivity contribution in [3.8, 4) is 5.75 Å². The highest BCUT2D eigenvalue weighted by Gasteiger charge is 2.16. The van der Waals surface area contributed by atoms with Gasteiger partial charge in [0.05, 0.1) is 19.0 Å². The molecule has 0 aliphatic heterocycles. The minimum atomic E-state index is -0.630. The number of fused-ring (bicyclic) bond motifs is 1. The molecule has 4 aromatic rings. The van der Waals surface area contributed by atoms with E-state index in [1.54, 1.807) is 32.5 Å². The molecule has 0 saturated heterocycles. The molecule has 2 aromatic heterocycles. The van der Waals surface area contributed by atoms with Crippen molar-refractivity contribution in [2.75, 3.05) is 12.4 Å². The highest BCUT2D eigenvalue weighted by Crippen LogP contribution is 2.24. The molecule has 0 aliphatic carbocycles. The van der Waals surface area contributed by atoms with Gasteiger partial charge in [0, 0.05) is 29.6 Å². The van der Waals surface area contributed by atoms with E-state index in [9.17, 15) is 9.59 Å². The summed E-state index contributed by atoms with van der Waals surface area (Å²) in [6.45, 7) is 2.14. The van der Waals surface area contributed by atoms with Crippen molar-refractivity contribution < 1.29 is 14.3 Å². The van der Waals surface area contributed by atoms with E-state index in [1.165, 1.54) is 10.7 Å². The van der Waals surface area contributed by atoms with Gasteiger partial charge in [0.2, 0.25) is 0 Å². The average molecular weight is 430 g/mol. The van der Waals surface area contributed by atoms with E-state index in [0.717, 1.165) is 16.3 Å². The second kappa shape index (κ2) is 9.30. The Kier molecular flexibility index (Phi) is 6.12. The lowest BCUT2D eigenvalue weighted by Gasteiger charge is -2.12. The van der Waals surface area contributed by atoms with Crippen LogP contribution < -0.4 is 15.6 Å². The average Bonchev–Trinajstić information content (AvgIpc) is 2.84. The van der Waals surface area contributed by atoms with Crippen molar-refractivity contribution in [3.63, 3.8) is 0 Å². The Bertz CT molecular complexity index is 1330. The minimum Gasteiger partial charge on any atom is -0.497 e. The van der Waals surface area contributed by atoms with E-state index < -0.39 is 5.97 Å². The van der Waals surface area contributed by atoms with Crippen molar-refractivity contribution in [1.82, 2.24) is 14.8 Å². The molecule has 1 N–H and O–H groups in total. The Labute approximate surface area is 184 Å². The summed E-state index contributed by atoms with van der Waals surface area (Å²) in [5, 5.41) is 9.10. The third-order valence-electron chi connectivity index (χ3n) is 4.92. The van der Waals surface area contributed by atoms with Crippen LogP contribution in [0.15, 0.2) is 71.8 Å². The summed E-state index contributed by atoms with van der Waals surface area (Å²) in [5.74, 6) is 0.0421. The molecule has 4 rings (SSSR count). The van der Waals surface area contributed by atoms with Crippen LogP contribution in [0.1, 0.15) is 23.0 Å². The van der Waals surface area contributed by atoms with E-state index in [4.69, 9.17) is 9.47 Å². The standard InChI is InChI=1S/C24H22N4O4/c1-3-28-23(29)20(26-22-14-25-13-17-8-4-5-10-19(17)22)12-21(27-28)24(30)32-15-16-7-6-9-18(11-16)31-2/h4-14,26H,3,15H2,1-2H3. The molecule has 0 aliphatic rings. The van der Waals surface area contributed by atoms with Gasteiger partial charge in [-0.2, -0.15) is 5.10 Å². The number of carbonyl (C=O) groups excluding carboxylic acids is 1. The Morgan fingerprint density at radius 1 is 1.06 bits per heavy atom. The number of hydrogen-bond acceptors (Lipinski definition) is 7. The summed E-state index contributed by atoms with van der Waals surface area (Å²) in [7, 11) is 1.57. The SMILES string of the molecule is CCn1nc(C(=O)OCc2cccc(OC)c2)cc(Nc2cncc3ccccc23)c1=O. The summed E-state index contributed by atoms with van der Waals surface area (Å²) < 4.78 is 11.8. The first-order chi connectivity index (χ1) is 15.6. The second-order valence-corrected chi connectivity index (χ2v) is 7.03. The first kappa shape index (κ1) is 21.0. The van der Waals surface area contributed by atoms with Crippen LogP contribution in [-0.2, 0) is 17.9 Å². The fraction of sp³-hybridized carbons (Fsp3) is 0.167. The van der Waals surface area contributed by atoms with Gasteiger partial charge < -0.3 is 14.8 Å². The van der Waals surface area contributed by atoms with E-state index in [-0.39, 0.29) is 23.5 Å². The Hall–Kier alpha value is -4.20. The number of benzene rings is 2. The second-order valence-electron chi connectivity index (χ2n) is 7.03. The molecule has 0 fully saturated rings. The van der Waals surface area contributed by atoms with Crippen LogP contribution in [0.2, 0.25) is 0 Å². The lowest BCUT2D eigenvalue weighted by Crippen LogP contribution is -2.27. The van der Waals surface area contributed by atoms with E-state index in [2.05, 4.69) is 15.4 Å². The molecule has 0 amide bonds. The number of rotatable bonds is 7. The zero-order valence-electron chi connectivity index (χ0n) is 17.7. The number of aromatic nitrogens is 3. The highest BCUT2D eigenvalue weighted by atomic mass is 16.5. The Morgan fingerprint density at radius 2 is 1.91 bits per heavy atom. The maximum absolute atomic E-state index is 12.8. The molecular formula is C24H22N4O4. The zero-order chi connectivity index (χ0) is 22.5. The topological polar surface area (TPSA) is 95.3 Å². The van der Waals surface area contributed by atoms with Crippen LogP contribution in [0.5, 0.6) is 5.75 Å². The maximum atomic E-state index is 12.8. The van der Waals surface area contributed by atoms with Crippen LogP contribution in [0.25, 0.3) is 10.8 Å². The fourth-order valence-corrected chi connectivity index (χ4v) is 3.29. The largest absolute Gasteiger partial charge is 0.497 e. The molecular weight excluding hydrogens is 408 g/mol. The maximum Gasteiger partial charge on any atom is 0.359 e. The summed E-state index contributed by atoms with van der Waals surface area (Å²) >= 11 is 0. The number of aryl methyl sites for hydroxylation is 1. The fourth-order valence-electron chi connectivity index (χ4n) is 3.29. The molecule has 8 nitrogen and oxygen atoms in total. The van der Waals surface area contributed by atoms with Gasteiger partial charge in [0.1, 0.15) is 18.0 Å². The number of ether oxygens (including phenoxy) is 2. The van der Waals surface area contributed by atoms with Crippen molar-refractivity contribution in [1.29, 1.82) is 0 Å². The van der Waals surface area contributed by atoms with Crippen LogP contribution >= 0.6 is 0 Å². The van der Waals surface area contributed by atoms with Crippen molar-refractivity contribution in [2.45, 2.75) is 20.1 Å². The van der Waals surface area contributed by atoms with Gasteiger partial charge in [-0.15, -0.1) is 0 Å². The van der Waals surface area contributed by atoms with Crippen LogP contribution in [0, 0.1) is 0 Å². The number of hydrogen-bond donors (Lipinski definition) is 1. The number of nitrogens with one attached hydrogen (secondary N) is 1. The summed E-state index contributed by atoms with van der Waals surface area (Å²) in [4.78, 5) is 29.7. The summed E-state index contributed by atoms with van der Waals surface area (Å²) in [5.41, 5.74) is 1.34. The first-order valence-corrected chi connectivity index (χ1v) is 10.1. The molecule has 0 spiro atoms. The third kappa shape index (κ3) is 4.44. The smallest absolute Gasteiger partial charge is 0.359 e. The molecule has 8 heteroatoms. The monoisotopic (exact) mass is 430 g/mol. The molecule has 0 saturated carbocycles. The van der Waals surface area contributed by atoms with Gasteiger partial charge in [-0.1, -0.05) is 36.4 Å².